The number of rotatable bonds is 9. The Morgan fingerprint density at radius 2 is 2.24 bits per heavy atom. The van der Waals surface area contributed by atoms with Gasteiger partial charge >= 0.3 is 0 Å². The third-order valence-electron chi connectivity index (χ3n) is 2.86. The van der Waals surface area contributed by atoms with Crippen LogP contribution in [0.5, 0.6) is 0 Å². The van der Waals surface area contributed by atoms with Crippen molar-refractivity contribution < 1.29 is 4.74 Å². The molecular weight excluding hydrogens is 216 g/mol. The summed E-state index contributed by atoms with van der Waals surface area (Å²) >= 11 is 0. The van der Waals surface area contributed by atoms with Gasteiger partial charge in [-0.05, 0) is 19.5 Å². The highest BCUT2D eigenvalue weighted by atomic mass is 16.5. The highest BCUT2D eigenvalue weighted by Crippen LogP contribution is 1.99. The van der Waals surface area contributed by atoms with Crippen molar-refractivity contribution in [2.45, 2.75) is 12.8 Å². The van der Waals surface area contributed by atoms with Gasteiger partial charge in [-0.15, -0.1) is 0 Å². The molecule has 0 amide bonds. The van der Waals surface area contributed by atoms with Crippen LogP contribution in [-0.2, 0) is 18.2 Å². The van der Waals surface area contributed by atoms with Gasteiger partial charge in [0.15, 0.2) is 0 Å². The van der Waals surface area contributed by atoms with Crippen molar-refractivity contribution in [2.24, 2.45) is 12.8 Å². The molecule has 0 fully saturated rings. The summed E-state index contributed by atoms with van der Waals surface area (Å²) in [5.41, 5.74) is 5.55. The molecule has 0 saturated heterocycles. The third-order valence-corrected chi connectivity index (χ3v) is 2.86. The van der Waals surface area contributed by atoms with Gasteiger partial charge in [0.2, 0.25) is 0 Å². The Kier molecular flexibility index (Phi) is 6.84. The fourth-order valence-electron chi connectivity index (χ4n) is 1.77. The van der Waals surface area contributed by atoms with Gasteiger partial charge < -0.3 is 19.9 Å². The zero-order chi connectivity index (χ0) is 12.5. The van der Waals surface area contributed by atoms with Crippen molar-refractivity contribution in [3.63, 3.8) is 0 Å². The lowest BCUT2D eigenvalue weighted by Gasteiger charge is -2.21. The zero-order valence-corrected chi connectivity index (χ0v) is 10.9. The minimum atomic E-state index is 0.742. The molecule has 1 heterocycles. The molecule has 1 rings (SSSR count). The van der Waals surface area contributed by atoms with E-state index in [-0.39, 0.29) is 0 Å². The molecule has 2 N–H and O–H groups in total. The zero-order valence-electron chi connectivity index (χ0n) is 10.9. The number of hydrogen-bond acceptors (Lipinski definition) is 4. The van der Waals surface area contributed by atoms with Crippen molar-refractivity contribution in [1.82, 2.24) is 14.5 Å². The summed E-state index contributed by atoms with van der Waals surface area (Å²) in [6.07, 6.45) is 5.82. The van der Waals surface area contributed by atoms with Crippen molar-refractivity contribution in [3.05, 3.63) is 18.2 Å². The highest BCUT2D eigenvalue weighted by molar-refractivity contribution is 4.91. The van der Waals surface area contributed by atoms with Gasteiger partial charge in [0.05, 0.1) is 6.61 Å². The van der Waals surface area contributed by atoms with Gasteiger partial charge in [-0.3, -0.25) is 0 Å². The number of nitrogens with two attached hydrogens (primary N) is 1. The van der Waals surface area contributed by atoms with Crippen molar-refractivity contribution in [3.8, 4) is 0 Å². The Morgan fingerprint density at radius 3 is 2.82 bits per heavy atom. The predicted molar refractivity (Wildman–Crippen MR) is 68.9 cm³/mol. The largest absolute Gasteiger partial charge is 0.383 e. The Balaban J connectivity index is 2.34. The van der Waals surface area contributed by atoms with E-state index in [2.05, 4.69) is 14.5 Å². The molecule has 0 unspecified atom stereocenters. The van der Waals surface area contributed by atoms with Crippen LogP contribution in [-0.4, -0.2) is 54.3 Å². The van der Waals surface area contributed by atoms with E-state index < -0.39 is 0 Å². The maximum atomic E-state index is 5.55. The van der Waals surface area contributed by atoms with Crippen LogP contribution in [0.3, 0.4) is 0 Å². The summed E-state index contributed by atoms with van der Waals surface area (Å²) in [5, 5.41) is 0. The van der Waals surface area contributed by atoms with E-state index in [1.165, 1.54) is 0 Å². The van der Waals surface area contributed by atoms with Gasteiger partial charge in [-0.25, -0.2) is 4.98 Å². The molecule has 0 atom stereocenters. The van der Waals surface area contributed by atoms with Gasteiger partial charge in [0.25, 0.3) is 0 Å². The average Bonchev–Trinajstić information content (AvgIpc) is 2.74. The molecule has 0 radical (unpaired) electrons. The van der Waals surface area contributed by atoms with E-state index in [0.29, 0.717) is 0 Å². The monoisotopic (exact) mass is 240 g/mol. The quantitative estimate of drug-likeness (QED) is 0.673. The van der Waals surface area contributed by atoms with Crippen molar-refractivity contribution in [1.29, 1.82) is 0 Å². The first kappa shape index (κ1) is 14.2. The van der Waals surface area contributed by atoms with E-state index in [9.17, 15) is 0 Å². The number of aromatic nitrogens is 2. The first-order valence-corrected chi connectivity index (χ1v) is 6.15. The number of imidazole rings is 1. The second-order valence-corrected chi connectivity index (χ2v) is 4.18. The number of methoxy groups -OCH3 is 1. The van der Waals surface area contributed by atoms with Gasteiger partial charge in [-0.2, -0.15) is 0 Å². The second-order valence-electron chi connectivity index (χ2n) is 4.18. The maximum absolute atomic E-state index is 5.55. The molecule has 1 aromatic rings. The standard InChI is InChI=1S/C12H24N4O/c1-15-9-6-14-12(15)4-8-16(7-3-5-13)10-11-17-2/h6,9H,3-5,7-8,10-11,13H2,1-2H3. The van der Waals surface area contributed by atoms with Crippen molar-refractivity contribution >= 4 is 0 Å². The summed E-state index contributed by atoms with van der Waals surface area (Å²) in [4.78, 5) is 6.71. The van der Waals surface area contributed by atoms with Crippen LogP contribution in [0.4, 0.5) is 0 Å². The summed E-state index contributed by atoms with van der Waals surface area (Å²) in [7, 11) is 3.77. The summed E-state index contributed by atoms with van der Waals surface area (Å²) in [6, 6.07) is 0. The van der Waals surface area contributed by atoms with Crippen LogP contribution < -0.4 is 5.73 Å². The smallest absolute Gasteiger partial charge is 0.109 e. The van der Waals surface area contributed by atoms with E-state index >= 15 is 0 Å². The van der Waals surface area contributed by atoms with E-state index in [1.54, 1.807) is 7.11 Å². The maximum Gasteiger partial charge on any atom is 0.109 e. The highest BCUT2D eigenvalue weighted by Gasteiger charge is 2.06. The summed E-state index contributed by atoms with van der Waals surface area (Å²) in [5.74, 6) is 1.13. The Labute approximate surface area is 104 Å². The molecule has 5 heteroatoms. The first-order chi connectivity index (χ1) is 8.27. The number of nitrogens with zero attached hydrogens (tertiary/aromatic N) is 3. The minimum Gasteiger partial charge on any atom is -0.383 e. The number of hydrogen-bond donors (Lipinski definition) is 1. The lowest BCUT2D eigenvalue weighted by atomic mass is 10.3. The van der Waals surface area contributed by atoms with Crippen molar-refractivity contribution in [2.75, 3.05) is 39.9 Å². The molecule has 0 bridgehead atoms. The third kappa shape index (κ3) is 5.30. The van der Waals surface area contributed by atoms with Gasteiger partial charge in [0, 0.05) is 46.1 Å². The lowest BCUT2D eigenvalue weighted by Crippen LogP contribution is -2.32. The van der Waals surface area contributed by atoms with Gasteiger partial charge in [0.1, 0.15) is 5.82 Å². The molecule has 98 valence electrons. The SMILES string of the molecule is COCCN(CCCN)CCc1nccn1C. The van der Waals surface area contributed by atoms with Crippen LogP contribution >= 0.6 is 0 Å². The Morgan fingerprint density at radius 1 is 1.41 bits per heavy atom. The molecule has 0 aromatic carbocycles. The fraction of sp³-hybridized carbons (Fsp3) is 0.750. The van der Waals surface area contributed by atoms with Crippen LogP contribution in [0.2, 0.25) is 0 Å². The molecular formula is C12H24N4O. The normalized spacial score (nSPS) is 11.3. The summed E-state index contributed by atoms with van der Waals surface area (Å²) in [6.45, 7) is 4.51. The molecule has 0 aliphatic heterocycles. The number of aryl methyl sites for hydroxylation is 1. The molecule has 17 heavy (non-hydrogen) atoms. The molecule has 0 aliphatic carbocycles. The topological polar surface area (TPSA) is 56.3 Å². The van der Waals surface area contributed by atoms with Crippen LogP contribution in [0.15, 0.2) is 12.4 Å². The van der Waals surface area contributed by atoms with E-state index in [1.807, 2.05) is 19.4 Å². The number of ether oxygens (including phenoxy) is 1. The van der Waals surface area contributed by atoms with E-state index in [4.69, 9.17) is 10.5 Å². The molecule has 0 saturated carbocycles. The van der Waals surface area contributed by atoms with E-state index in [0.717, 1.165) is 51.5 Å². The van der Waals surface area contributed by atoms with Crippen LogP contribution in [0.1, 0.15) is 12.2 Å². The van der Waals surface area contributed by atoms with Crippen LogP contribution in [0, 0.1) is 0 Å². The lowest BCUT2D eigenvalue weighted by molar-refractivity contribution is 0.147. The Hall–Kier alpha value is -0.910. The Bertz CT molecular complexity index is 292. The fourth-order valence-corrected chi connectivity index (χ4v) is 1.77. The molecule has 0 aliphatic rings. The second kappa shape index (κ2) is 8.22. The predicted octanol–water partition coefficient (Wildman–Crippen LogP) is 0.260. The summed E-state index contributed by atoms with van der Waals surface area (Å²) < 4.78 is 7.19. The average molecular weight is 240 g/mol. The molecule has 5 nitrogen and oxygen atoms in total. The molecule has 0 spiro atoms. The first-order valence-electron chi connectivity index (χ1n) is 6.15. The van der Waals surface area contributed by atoms with Crippen LogP contribution in [0.25, 0.3) is 0 Å². The minimum absolute atomic E-state index is 0.742. The molecule has 1 aromatic heterocycles. The van der Waals surface area contributed by atoms with Gasteiger partial charge in [-0.1, -0.05) is 0 Å².